The maximum atomic E-state index is 12.7. The van der Waals surface area contributed by atoms with Crippen molar-refractivity contribution >= 4 is 43.7 Å². The van der Waals surface area contributed by atoms with Gasteiger partial charge in [-0.15, -0.1) is 0 Å². The first-order valence-corrected chi connectivity index (χ1v) is 12.0. The summed E-state index contributed by atoms with van der Waals surface area (Å²) in [4.78, 5) is 24.8. The standard InChI is InChI=1S/C25H24Br2N2O4/c1-2-17-8-10-23(21(27)14-17)33-16-24(30)28-29-25(31)20-15-19(26)9-11-22(20)32-13-12-18-6-4-3-5-7-18/h3-11,14-15H,2,12-13,16H2,1H3,(H,28,30)(H,29,31). The Morgan fingerprint density at radius 1 is 0.848 bits per heavy atom. The van der Waals surface area contributed by atoms with Crippen LogP contribution in [0.1, 0.15) is 28.4 Å². The molecule has 6 nitrogen and oxygen atoms in total. The minimum Gasteiger partial charge on any atom is -0.492 e. The minimum absolute atomic E-state index is 0.247. The summed E-state index contributed by atoms with van der Waals surface area (Å²) in [6.45, 7) is 2.23. The van der Waals surface area contributed by atoms with Gasteiger partial charge in [-0.05, 0) is 63.8 Å². The van der Waals surface area contributed by atoms with Crippen molar-refractivity contribution in [3.63, 3.8) is 0 Å². The molecule has 0 unspecified atom stereocenters. The van der Waals surface area contributed by atoms with Crippen molar-refractivity contribution in [2.45, 2.75) is 19.8 Å². The van der Waals surface area contributed by atoms with Gasteiger partial charge in [0.15, 0.2) is 6.61 Å². The van der Waals surface area contributed by atoms with Crippen LogP contribution in [0.4, 0.5) is 0 Å². The molecule has 0 saturated carbocycles. The van der Waals surface area contributed by atoms with Crippen LogP contribution in [0.3, 0.4) is 0 Å². The van der Waals surface area contributed by atoms with E-state index in [0.29, 0.717) is 30.1 Å². The Bertz CT molecular complexity index is 1110. The molecule has 172 valence electrons. The van der Waals surface area contributed by atoms with Gasteiger partial charge in [0.2, 0.25) is 0 Å². The number of rotatable bonds is 9. The van der Waals surface area contributed by atoms with Crippen molar-refractivity contribution in [3.05, 3.63) is 92.4 Å². The largest absolute Gasteiger partial charge is 0.492 e. The molecule has 0 spiro atoms. The number of carbonyl (C=O) groups is 2. The van der Waals surface area contributed by atoms with Gasteiger partial charge in [-0.3, -0.25) is 20.4 Å². The Balaban J connectivity index is 1.52. The predicted octanol–water partition coefficient (Wildman–Crippen LogP) is 5.24. The monoisotopic (exact) mass is 574 g/mol. The van der Waals surface area contributed by atoms with Crippen molar-refractivity contribution in [1.29, 1.82) is 0 Å². The third-order valence-corrected chi connectivity index (χ3v) is 5.87. The van der Waals surface area contributed by atoms with E-state index in [0.717, 1.165) is 26.5 Å². The third-order valence-electron chi connectivity index (χ3n) is 4.76. The molecule has 0 fully saturated rings. The van der Waals surface area contributed by atoms with Crippen molar-refractivity contribution in [2.24, 2.45) is 0 Å². The molecule has 0 atom stereocenters. The van der Waals surface area contributed by atoms with E-state index < -0.39 is 11.8 Å². The molecule has 0 saturated heterocycles. The Kier molecular flexibility index (Phi) is 9.33. The molecule has 2 amide bonds. The van der Waals surface area contributed by atoms with Crippen LogP contribution in [0.25, 0.3) is 0 Å². The first-order chi connectivity index (χ1) is 16.0. The lowest BCUT2D eigenvalue weighted by molar-refractivity contribution is -0.123. The Morgan fingerprint density at radius 2 is 1.61 bits per heavy atom. The number of halogens is 2. The lowest BCUT2D eigenvalue weighted by Gasteiger charge is -2.13. The van der Waals surface area contributed by atoms with Crippen LogP contribution in [0.5, 0.6) is 11.5 Å². The molecule has 0 aliphatic heterocycles. The van der Waals surface area contributed by atoms with Crippen LogP contribution >= 0.6 is 31.9 Å². The van der Waals surface area contributed by atoms with Gasteiger partial charge < -0.3 is 9.47 Å². The first-order valence-electron chi connectivity index (χ1n) is 10.4. The minimum atomic E-state index is -0.493. The van der Waals surface area contributed by atoms with Gasteiger partial charge >= 0.3 is 0 Å². The normalized spacial score (nSPS) is 10.4. The van der Waals surface area contributed by atoms with E-state index in [9.17, 15) is 9.59 Å². The van der Waals surface area contributed by atoms with E-state index in [1.165, 1.54) is 0 Å². The number of nitrogens with one attached hydrogen (secondary N) is 2. The molecular weight excluding hydrogens is 552 g/mol. The van der Waals surface area contributed by atoms with E-state index in [1.807, 2.05) is 42.5 Å². The van der Waals surface area contributed by atoms with Crippen LogP contribution < -0.4 is 20.3 Å². The van der Waals surface area contributed by atoms with Crippen LogP contribution in [0.2, 0.25) is 0 Å². The van der Waals surface area contributed by atoms with Gasteiger partial charge in [0.1, 0.15) is 11.5 Å². The average Bonchev–Trinajstić information content (AvgIpc) is 2.83. The first kappa shape index (κ1) is 24.8. The van der Waals surface area contributed by atoms with Crippen LogP contribution in [-0.4, -0.2) is 25.0 Å². The Hall–Kier alpha value is -2.84. The van der Waals surface area contributed by atoms with Gasteiger partial charge in [0.25, 0.3) is 11.8 Å². The zero-order valence-electron chi connectivity index (χ0n) is 18.1. The highest BCUT2D eigenvalue weighted by atomic mass is 79.9. The maximum absolute atomic E-state index is 12.7. The number of hydrogen-bond acceptors (Lipinski definition) is 4. The topological polar surface area (TPSA) is 76.7 Å². The van der Waals surface area contributed by atoms with Gasteiger partial charge in [0, 0.05) is 10.9 Å². The highest BCUT2D eigenvalue weighted by Gasteiger charge is 2.15. The number of hydrazine groups is 1. The summed E-state index contributed by atoms with van der Waals surface area (Å²) in [6.07, 6.45) is 1.61. The summed E-state index contributed by atoms with van der Waals surface area (Å²) in [5.41, 5.74) is 7.38. The number of amides is 2. The fourth-order valence-electron chi connectivity index (χ4n) is 2.98. The van der Waals surface area contributed by atoms with Crippen LogP contribution in [0.15, 0.2) is 75.7 Å². The van der Waals surface area contributed by atoms with Gasteiger partial charge in [-0.25, -0.2) is 0 Å². The number of carbonyl (C=O) groups excluding carboxylic acids is 2. The second-order valence-electron chi connectivity index (χ2n) is 7.13. The number of benzene rings is 3. The van der Waals surface area contributed by atoms with Crippen molar-refractivity contribution < 1.29 is 19.1 Å². The molecule has 3 rings (SSSR count). The molecule has 8 heteroatoms. The zero-order valence-corrected chi connectivity index (χ0v) is 21.2. The summed E-state index contributed by atoms with van der Waals surface area (Å²) < 4.78 is 12.9. The van der Waals surface area contributed by atoms with E-state index in [1.54, 1.807) is 24.3 Å². The van der Waals surface area contributed by atoms with Crippen molar-refractivity contribution in [3.8, 4) is 11.5 Å². The summed E-state index contributed by atoms with van der Waals surface area (Å²) >= 11 is 6.81. The fourth-order valence-corrected chi connectivity index (χ4v) is 3.89. The van der Waals surface area contributed by atoms with Crippen molar-refractivity contribution in [2.75, 3.05) is 13.2 Å². The number of hydrogen-bond donors (Lipinski definition) is 2. The fraction of sp³-hybridized carbons (Fsp3) is 0.200. The lowest BCUT2D eigenvalue weighted by Crippen LogP contribution is -2.44. The summed E-state index contributed by atoms with van der Waals surface area (Å²) in [5.74, 6) is -0.00366. The second kappa shape index (κ2) is 12.4. The summed E-state index contributed by atoms with van der Waals surface area (Å²) in [6, 6.07) is 20.8. The molecule has 0 heterocycles. The highest BCUT2D eigenvalue weighted by Crippen LogP contribution is 2.26. The molecular formula is C25H24Br2N2O4. The Morgan fingerprint density at radius 3 is 2.33 bits per heavy atom. The molecule has 0 bridgehead atoms. The molecule has 0 aromatic heterocycles. The molecule has 3 aromatic carbocycles. The molecule has 0 aliphatic rings. The molecule has 0 radical (unpaired) electrons. The molecule has 0 aliphatic carbocycles. The highest BCUT2D eigenvalue weighted by molar-refractivity contribution is 9.10. The van der Waals surface area contributed by atoms with Crippen molar-refractivity contribution in [1.82, 2.24) is 10.9 Å². The van der Waals surface area contributed by atoms with Gasteiger partial charge in [0.05, 0.1) is 16.6 Å². The van der Waals surface area contributed by atoms with E-state index in [4.69, 9.17) is 9.47 Å². The zero-order chi connectivity index (χ0) is 23.6. The lowest BCUT2D eigenvalue weighted by atomic mass is 10.1. The van der Waals surface area contributed by atoms with E-state index in [2.05, 4.69) is 49.6 Å². The molecule has 3 aromatic rings. The quantitative estimate of drug-likeness (QED) is 0.342. The molecule has 33 heavy (non-hydrogen) atoms. The summed E-state index contributed by atoms with van der Waals surface area (Å²) in [7, 11) is 0. The number of ether oxygens (including phenoxy) is 2. The predicted molar refractivity (Wildman–Crippen MR) is 134 cm³/mol. The van der Waals surface area contributed by atoms with E-state index >= 15 is 0 Å². The smallest absolute Gasteiger partial charge is 0.276 e. The van der Waals surface area contributed by atoms with Crippen LogP contribution in [-0.2, 0) is 17.6 Å². The Labute approximate surface area is 209 Å². The van der Waals surface area contributed by atoms with E-state index in [-0.39, 0.29) is 6.61 Å². The maximum Gasteiger partial charge on any atom is 0.276 e. The average molecular weight is 576 g/mol. The molecule has 2 N–H and O–H groups in total. The summed E-state index contributed by atoms with van der Waals surface area (Å²) in [5, 5.41) is 0. The van der Waals surface area contributed by atoms with Crippen LogP contribution in [0, 0.1) is 0 Å². The van der Waals surface area contributed by atoms with Gasteiger partial charge in [-0.2, -0.15) is 0 Å². The number of aryl methyl sites for hydroxylation is 1. The second-order valence-corrected chi connectivity index (χ2v) is 8.90. The van der Waals surface area contributed by atoms with Gasteiger partial charge in [-0.1, -0.05) is 59.3 Å². The SMILES string of the molecule is CCc1ccc(OCC(=O)NNC(=O)c2cc(Br)ccc2OCCc2ccccc2)c(Br)c1. The third kappa shape index (κ3) is 7.61.